The van der Waals surface area contributed by atoms with Crippen LogP contribution in [0.15, 0.2) is 30.5 Å². The number of aromatic nitrogens is 2. The molecule has 1 aromatic carbocycles. The van der Waals surface area contributed by atoms with Crippen molar-refractivity contribution in [1.29, 1.82) is 0 Å². The van der Waals surface area contributed by atoms with Crippen LogP contribution in [-0.4, -0.2) is 15.7 Å². The minimum atomic E-state index is 0.0137. The van der Waals surface area contributed by atoms with Gasteiger partial charge in [0.25, 0.3) is 0 Å². The molecule has 0 saturated heterocycles. The standard InChI is InChI=1S/C16H19Cl2N3O/c1-3-11(4-2)16(22)19-15-7-8-21(20-15)10-12-5-6-13(17)9-14(12)18/h5-9,11H,3-4,10H2,1-2H3,(H,19,20,22). The number of anilines is 1. The lowest BCUT2D eigenvalue weighted by Gasteiger charge is -2.10. The van der Waals surface area contributed by atoms with Crippen LogP contribution in [0.3, 0.4) is 0 Å². The van der Waals surface area contributed by atoms with Crippen molar-refractivity contribution >= 4 is 34.9 Å². The summed E-state index contributed by atoms with van der Waals surface area (Å²) in [4.78, 5) is 12.0. The van der Waals surface area contributed by atoms with Gasteiger partial charge in [0.05, 0.1) is 6.54 Å². The molecule has 4 nitrogen and oxygen atoms in total. The van der Waals surface area contributed by atoms with Crippen LogP contribution >= 0.6 is 23.2 Å². The molecule has 0 spiro atoms. The Morgan fingerprint density at radius 2 is 2.00 bits per heavy atom. The number of amides is 1. The third-order valence-electron chi connectivity index (χ3n) is 3.60. The molecule has 22 heavy (non-hydrogen) atoms. The Hall–Kier alpha value is -1.52. The first-order valence-electron chi connectivity index (χ1n) is 7.31. The van der Waals surface area contributed by atoms with Crippen molar-refractivity contribution < 1.29 is 4.79 Å². The molecule has 6 heteroatoms. The Morgan fingerprint density at radius 1 is 1.27 bits per heavy atom. The van der Waals surface area contributed by atoms with Crippen LogP contribution < -0.4 is 5.32 Å². The number of hydrogen-bond donors (Lipinski definition) is 1. The SMILES string of the molecule is CCC(CC)C(=O)Nc1ccn(Cc2ccc(Cl)cc2Cl)n1. The largest absolute Gasteiger partial charge is 0.309 e. The van der Waals surface area contributed by atoms with E-state index in [2.05, 4.69) is 10.4 Å². The molecule has 0 atom stereocenters. The van der Waals surface area contributed by atoms with E-state index in [1.165, 1.54) is 0 Å². The zero-order valence-corrected chi connectivity index (χ0v) is 14.2. The maximum Gasteiger partial charge on any atom is 0.228 e. The molecule has 0 radical (unpaired) electrons. The molecule has 0 fully saturated rings. The lowest BCUT2D eigenvalue weighted by Crippen LogP contribution is -2.22. The molecule has 1 heterocycles. The van der Waals surface area contributed by atoms with Gasteiger partial charge in [-0.3, -0.25) is 9.48 Å². The molecular formula is C16H19Cl2N3O. The lowest BCUT2D eigenvalue weighted by molar-refractivity contribution is -0.120. The summed E-state index contributed by atoms with van der Waals surface area (Å²) in [6.45, 7) is 4.54. The summed E-state index contributed by atoms with van der Waals surface area (Å²) in [5.41, 5.74) is 0.923. The molecule has 1 aromatic heterocycles. The van der Waals surface area contributed by atoms with Crippen LogP contribution in [0.2, 0.25) is 10.0 Å². The van der Waals surface area contributed by atoms with E-state index in [0.717, 1.165) is 18.4 Å². The molecule has 0 aliphatic rings. The van der Waals surface area contributed by atoms with E-state index in [1.807, 2.05) is 26.1 Å². The maximum atomic E-state index is 12.0. The molecule has 0 unspecified atom stereocenters. The number of carbonyl (C=O) groups excluding carboxylic acids is 1. The van der Waals surface area contributed by atoms with Crippen molar-refractivity contribution in [1.82, 2.24) is 9.78 Å². The fourth-order valence-corrected chi connectivity index (χ4v) is 2.70. The van der Waals surface area contributed by atoms with Crippen LogP contribution in [0.1, 0.15) is 32.3 Å². The molecule has 118 valence electrons. The van der Waals surface area contributed by atoms with Crippen molar-refractivity contribution in [2.75, 3.05) is 5.32 Å². The number of hydrogen-bond acceptors (Lipinski definition) is 2. The van der Waals surface area contributed by atoms with E-state index in [-0.39, 0.29) is 11.8 Å². The summed E-state index contributed by atoms with van der Waals surface area (Å²) >= 11 is 12.0. The van der Waals surface area contributed by atoms with Gasteiger partial charge < -0.3 is 5.32 Å². The number of benzene rings is 1. The number of rotatable bonds is 6. The van der Waals surface area contributed by atoms with Crippen LogP contribution in [0.25, 0.3) is 0 Å². The highest BCUT2D eigenvalue weighted by molar-refractivity contribution is 6.35. The van der Waals surface area contributed by atoms with E-state index < -0.39 is 0 Å². The second-order valence-corrected chi connectivity index (χ2v) is 5.98. The summed E-state index contributed by atoms with van der Waals surface area (Å²) in [5, 5.41) is 8.41. The Kier molecular flexibility index (Phi) is 5.86. The Balaban J connectivity index is 2.04. The summed E-state index contributed by atoms with van der Waals surface area (Å²) in [5.74, 6) is 0.595. The lowest BCUT2D eigenvalue weighted by atomic mass is 10.0. The van der Waals surface area contributed by atoms with Crippen LogP contribution in [-0.2, 0) is 11.3 Å². The minimum absolute atomic E-state index is 0.0137. The molecule has 0 saturated carbocycles. The number of nitrogens with one attached hydrogen (secondary N) is 1. The van der Waals surface area contributed by atoms with E-state index in [0.29, 0.717) is 22.4 Å². The van der Waals surface area contributed by atoms with E-state index in [1.54, 1.807) is 22.9 Å². The van der Waals surface area contributed by atoms with E-state index in [4.69, 9.17) is 23.2 Å². The highest BCUT2D eigenvalue weighted by atomic mass is 35.5. The maximum absolute atomic E-state index is 12.0. The number of halogens is 2. The predicted octanol–water partition coefficient (Wildman–Crippen LogP) is 4.61. The molecule has 0 aliphatic heterocycles. The molecule has 1 amide bonds. The van der Waals surface area contributed by atoms with E-state index >= 15 is 0 Å². The third kappa shape index (κ3) is 4.24. The number of carbonyl (C=O) groups is 1. The molecule has 2 aromatic rings. The summed E-state index contributed by atoms with van der Waals surface area (Å²) < 4.78 is 1.73. The van der Waals surface area contributed by atoms with E-state index in [9.17, 15) is 4.79 Å². The van der Waals surface area contributed by atoms with Gasteiger partial charge in [-0.25, -0.2) is 0 Å². The van der Waals surface area contributed by atoms with Gasteiger partial charge in [-0.15, -0.1) is 0 Å². The van der Waals surface area contributed by atoms with Gasteiger partial charge in [0.1, 0.15) is 0 Å². The molecular weight excluding hydrogens is 321 g/mol. The van der Waals surface area contributed by atoms with Crippen molar-refractivity contribution in [3.05, 3.63) is 46.1 Å². The van der Waals surface area contributed by atoms with Crippen molar-refractivity contribution in [3.63, 3.8) is 0 Å². The topological polar surface area (TPSA) is 46.9 Å². The zero-order chi connectivity index (χ0) is 16.1. The van der Waals surface area contributed by atoms with Gasteiger partial charge in [-0.2, -0.15) is 5.10 Å². The quantitative estimate of drug-likeness (QED) is 0.834. The smallest absolute Gasteiger partial charge is 0.228 e. The normalized spacial score (nSPS) is 11.0. The van der Waals surface area contributed by atoms with Gasteiger partial charge in [-0.1, -0.05) is 43.1 Å². The average Bonchev–Trinajstić information content (AvgIpc) is 2.90. The summed E-state index contributed by atoms with van der Waals surface area (Å²) in [6, 6.07) is 7.15. The highest BCUT2D eigenvalue weighted by Crippen LogP contribution is 2.22. The average molecular weight is 340 g/mol. The van der Waals surface area contributed by atoms with Gasteiger partial charge in [0.2, 0.25) is 5.91 Å². The first-order chi connectivity index (χ1) is 10.5. The Morgan fingerprint density at radius 3 is 2.64 bits per heavy atom. The van der Waals surface area contributed by atoms with Gasteiger partial charge in [0.15, 0.2) is 5.82 Å². The van der Waals surface area contributed by atoms with Gasteiger partial charge >= 0.3 is 0 Å². The molecule has 2 rings (SSSR count). The second-order valence-electron chi connectivity index (χ2n) is 5.14. The number of nitrogens with zero attached hydrogens (tertiary/aromatic N) is 2. The van der Waals surface area contributed by atoms with Crippen molar-refractivity contribution in [2.24, 2.45) is 5.92 Å². The second kappa shape index (κ2) is 7.65. The predicted molar refractivity (Wildman–Crippen MR) is 90.5 cm³/mol. The van der Waals surface area contributed by atoms with Crippen molar-refractivity contribution in [2.45, 2.75) is 33.2 Å². The Bertz CT molecular complexity index is 651. The fourth-order valence-electron chi connectivity index (χ4n) is 2.23. The summed E-state index contributed by atoms with van der Waals surface area (Å²) in [7, 11) is 0. The van der Waals surface area contributed by atoms with Crippen LogP contribution in [0.4, 0.5) is 5.82 Å². The first kappa shape index (κ1) is 16.8. The Labute approximate surface area is 140 Å². The minimum Gasteiger partial charge on any atom is -0.309 e. The summed E-state index contributed by atoms with van der Waals surface area (Å²) in [6.07, 6.45) is 3.46. The monoisotopic (exact) mass is 339 g/mol. The zero-order valence-electron chi connectivity index (χ0n) is 12.6. The molecule has 0 bridgehead atoms. The first-order valence-corrected chi connectivity index (χ1v) is 8.07. The third-order valence-corrected chi connectivity index (χ3v) is 4.18. The molecule has 0 aliphatic carbocycles. The van der Waals surface area contributed by atoms with Crippen LogP contribution in [0, 0.1) is 5.92 Å². The highest BCUT2D eigenvalue weighted by Gasteiger charge is 2.15. The van der Waals surface area contributed by atoms with Gasteiger partial charge in [-0.05, 0) is 30.5 Å². The molecule has 1 N–H and O–H groups in total. The van der Waals surface area contributed by atoms with Gasteiger partial charge in [0, 0.05) is 28.2 Å². The fraction of sp³-hybridized carbons (Fsp3) is 0.375. The van der Waals surface area contributed by atoms with Crippen molar-refractivity contribution in [3.8, 4) is 0 Å². The van der Waals surface area contributed by atoms with Crippen LogP contribution in [0.5, 0.6) is 0 Å².